The Morgan fingerprint density at radius 3 is 2.93 bits per heavy atom. The molecule has 1 aromatic rings. The Morgan fingerprint density at radius 2 is 2.20 bits per heavy atom. The molecular weight excluding hydrogens is 184 g/mol. The van der Waals surface area contributed by atoms with Crippen molar-refractivity contribution in [2.24, 2.45) is 0 Å². The number of aliphatic hydroxyl groups is 1. The monoisotopic (exact) mass is 202 g/mol. The standard InChI is InChI=1S/C14H18O/c1-2-9-14(11-15)10-5-7-12-6-3-4-8-13(12)14/h2-4,6,8-9,15H,5,7,10-11H2,1H3/b9-2+/t14-/m0/s1. The van der Waals surface area contributed by atoms with Crippen LogP contribution >= 0.6 is 0 Å². The lowest BCUT2D eigenvalue weighted by Crippen LogP contribution is -2.32. The SMILES string of the molecule is C/C=C/[C@@]1(CO)CCCc2ccccc21. The molecule has 0 amide bonds. The summed E-state index contributed by atoms with van der Waals surface area (Å²) in [6.07, 6.45) is 7.59. The summed E-state index contributed by atoms with van der Waals surface area (Å²) < 4.78 is 0. The predicted molar refractivity (Wildman–Crippen MR) is 63.0 cm³/mol. The van der Waals surface area contributed by atoms with Crippen molar-refractivity contribution < 1.29 is 5.11 Å². The molecule has 2 rings (SSSR count). The topological polar surface area (TPSA) is 20.2 Å². The Morgan fingerprint density at radius 1 is 1.40 bits per heavy atom. The molecule has 15 heavy (non-hydrogen) atoms. The number of aliphatic hydroxyl groups excluding tert-OH is 1. The summed E-state index contributed by atoms with van der Waals surface area (Å²) in [6.45, 7) is 2.24. The van der Waals surface area contributed by atoms with Gasteiger partial charge in [-0.15, -0.1) is 0 Å². The molecule has 1 aromatic carbocycles. The van der Waals surface area contributed by atoms with Crippen molar-refractivity contribution in [2.45, 2.75) is 31.6 Å². The Labute approximate surface area is 91.4 Å². The zero-order valence-electron chi connectivity index (χ0n) is 9.24. The Balaban J connectivity index is 2.51. The van der Waals surface area contributed by atoms with Crippen molar-refractivity contribution in [2.75, 3.05) is 6.61 Å². The van der Waals surface area contributed by atoms with Gasteiger partial charge in [0.1, 0.15) is 0 Å². The van der Waals surface area contributed by atoms with Gasteiger partial charge in [-0.25, -0.2) is 0 Å². The van der Waals surface area contributed by atoms with E-state index in [1.54, 1.807) is 0 Å². The Hall–Kier alpha value is -1.08. The van der Waals surface area contributed by atoms with Crippen LogP contribution < -0.4 is 0 Å². The van der Waals surface area contributed by atoms with Crippen molar-refractivity contribution in [1.82, 2.24) is 0 Å². The molecule has 0 radical (unpaired) electrons. The maximum atomic E-state index is 9.67. The maximum absolute atomic E-state index is 9.67. The summed E-state index contributed by atoms with van der Waals surface area (Å²) in [5.41, 5.74) is 2.59. The van der Waals surface area contributed by atoms with Crippen LogP contribution in [0.3, 0.4) is 0 Å². The second-order valence-electron chi connectivity index (χ2n) is 4.32. The van der Waals surface area contributed by atoms with Gasteiger partial charge < -0.3 is 5.11 Å². The van der Waals surface area contributed by atoms with E-state index in [9.17, 15) is 5.11 Å². The van der Waals surface area contributed by atoms with Gasteiger partial charge in [-0.2, -0.15) is 0 Å². The van der Waals surface area contributed by atoms with Crippen molar-refractivity contribution in [3.63, 3.8) is 0 Å². The smallest absolute Gasteiger partial charge is 0.0562 e. The lowest BCUT2D eigenvalue weighted by Gasteiger charge is -2.35. The number of allylic oxidation sites excluding steroid dienone is 1. The molecule has 0 bridgehead atoms. The summed E-state index contributed by atoms with van der Waals surface area (Å²) in [5.74, 6) is 0. The first kappa shape index (κ1) is 10.4. The fourth-order valence-electron chi connectivity index (χ4n) is 2.66. The zero-order valence-corrected chi connectivity index (χ0v) is 9.24. The second kappa shape index (κ2) is 4.19. The number of benzene rings is 1. The minimum absolute atomic E-state index is 0.121. The van der Waals surface area contributed by atoms with Gasteiger partial charge in [-0.05, 0) is 37.3 Å². The molecule has 0 aromatic heterocycles. The van der Waals surface area contributed by atoms with Crippen LogP contribution in [0.2, 0.25) is 0 Å². The molecule has 0 spiro atoms. The van der Waals surface area contributed by atoms with Crippen LogP contribution in [0.15, 0.2) is 36.4 Å². The fraction of sp³-hybridized carbons (Fsp3) is 0.429. The summed E-state index contributed by atoms with van der Waals surface area (Å²) >= 11 is 0. The molecule has 0 unspecified atom stereocenters. The summed E-state index contributed by atoms with van der Waals surface area (Å²) in [6, 6.07) is 8.49. The van der Waals surface area contributed by atoms with Crippen LogP contribution in [0.25, 0.3) is 0 Å². The number of hydrogen-bond acceptors (Lipinski definition) is 1. The van der Waals surface area contributed by atoms with E-state index in [0.29, 0.717) is 0 Å². The number of rotatable bonds is 2. The first-order chi connectivity index (χ1) is 7.32. The van der Waals surface area contributed by atoms with E-state index >= 15 is 0 Å². The van der Waals surface area contributed by atoms with Gasteiger partial charge in [-0.3, -0.25) is 0 Å². The van der Waals surface area contributed by atoms with E-state index in [-0.39, 0.29) is 12.0 Å². The minimum Gasteiger partial charge on any atom is -0.395 e. The third-order valence-corrected chi connectivity index (χ3v) is 3.39. The molecule has 1 N–H and O–H groups in total. The second-order valence-corrected chi connectivity index (χ2v) is 4.32. The summed E-state index contributed by atoms with van der Waals surface area (Å²) in [5, 5.41) is 9.67. The number of fused-ring (bicyclic) bond motifs is 1. The van der Waals surface area contributed by atoms with Gasteiger partial charge in [-0.1, -0.05) is 36.4 Å². The van der Waals surface area contributed by atoms with Crippen LogP contribution in [-0.2, 0) is 11.8 Å². The highest BCUT2D eigenvalue weighted by Crippen LogP contribution is 2.38. The van der Waals surface area contributed by atoms with Crippen LogP contribution in [0.4, 0.5) is 0 Å². The van der Waals surface area contributed by atoms with E-state index in [1.165, 1.54) is 17.5 Å². The normalized spacial score (nSPS) is 25.5. The largest absolute Gasteiger partial charge is 0.395 e. The lowest BCUT2D eigenvalue weighted by atomic mass is 9.70. The molecule has 1 atom stereocenters. The van der Waals surface area contributed by atoms with E-state index in [0.717, 1.165) is 12.8 Å². The lowest BCUT2D eigenvalue weighted by molar-refractivity contribution is 0.208. The molecule has 0 aliphatic heterocycles. The first-order valence-corrected chi connectivity index (χ1v) is 5.65. The number of hydrogen-bond donors (Lipinski definition) is 1. The van der Waals surface area contributed by atoms with E-state index in [4.69, 9.17) is 0 Å². The molecule has 1 heteroatoms. The van der Waals surface area contributed by atoms with Crippen molar-refractivity contribution >= 4 is 0 Å². The Kier molecular flexibility index (Phi) is 2.92. The molecule has 80 valence electrons. The van der Waals surface area contributed by atoms with E-state index in [1.807, 2.05) is 6.92 Å². The quantitative estimate of drug-likeness (QED) is 0.731. The molecule has 1 aliphatic carbocycles. The molecule has 0 heterocycles. The van der Waals surface area contributed by atoms with Crippen molar-refractivity contribution in [1.29, 1.82) is 0 Å². The predicted octanol–water partition coefficient (Wildman–Crippen LogP) is 2.83. The van der Waals surface area contributed by atoms with Gasteiger partial charge in [0.05, 0.1) is 6.61 Å². The first-order valence-electron chi connectivity index (χ1n) is 5.65. The van der Waals surface area contributed by atoms with Gasteiger partial charge >= 0.3 is 0 Å². The number of aryl methyl sites for hydroxylation is 1. The molecular formula is C14H18O. The van der Waals surface area contributed by atoms with Crippen LogP contribution in [-0.4, -0.2) is 11.7 Å². The minimum atomic E-state index is -0.121. The van der Waals surface area contributed by atoms with Gasteiger partial charge in [0.2, 0.25) is 0 Å². The third-order valence-electron chi connectivity index (χ3n) is 3.39. The highest BCUT2D eigenvalue weighted by molar-refractivity contribution is 5.40. The highest BCUT2D eigenvalue weighted by Gasteiger charge is 2.32. The van der Waals surface area contributed by atoms with E-state index < -0.39 is 0 Å². The van der Waals surface area contributed by atoms with Crippen molar-refractivity contribution in [3.05, 3.63) is 47.5 Å². The van der Waals surface area contributed by atoms with Crippen LogP contribution in [0.1, 0.15) is 30.9 Å². The van der Waals surface area contributed by atoms with Gasteiger partial charge in [0.25, 0.3) is 0 Å². The summed E-state index contributed by atoms with van der Waals surface area (Å²) in [7, 11) is 0. The summed E-state index contributed by atoms with van der Waals surface area (Å²) in [4.78, 5) is 0. The van der Waals surface area contributed by atoms with Crippen molar-refractivity contribution in [3.8, 4) is 0 Å². The average Bonchev–Trinajstić information content (AvgIpc) is 2.30. The van der Waals surface area contributed by atoms with Gasteiger partial charge in [0, 0.05) is 5.41 Å². The van der Waals surface area contributed by atoms with Gasteiger partial charge in [0.15, 0.2) is 0 Å². The van der Waals surface area contributed by atoms with E-state index in [2.05, 4.69) is 36.4 Å². The Bertz CT molecular complexity index is 367. The molecule has 0 saturated heterocycles. The maximum Gasteiger partial charge on any atom is 0.0562 e. The average molecular weight is 202 g/mol. The molecule has 1 nitrogen and oxygen atoms in total. The van der Waals surface area contributed by atoms with Crippen LogP contribution in [0, 0.1) is 0 Å². The molecule has 0 fully saturated rings. The third kappa shape index (κ3) is 1.72. The molecule has 0 saturated carbocycles. The highest BCUT2D eigenvalue weighted by atomic mass is 16.3. The van der Waals surface area contributed by atoms with Crippen LogP contribution in [0.5, 0.6) is 0 Å². The zero-order chi connectivity index (χ0) is 10.7. The fourth-order valence-corrected chi connectivity index (χ4v) is 2.66. The molecule has 1 aliphatic rings.